The number of rotatable bonds is 1. The molecule has 3 N–H and O–H groups in total. The molecule has 0 radical (unpaired) electrons. The second kappa shape index (κ2) is 3.14. The van der Waals surface area contributed by atoms with Crippen molar-refractivity contribution in [3.05, 3.63) is 30.0 Å². The number of nitrogens with one attached hydrogen (secondary N) is 1. The van der Waals surface area contributed by atoms with E-state index in [-0.39, 0.29) is 0 Å². The van der Waals surface area contributed by atoms with Crippen molar-refractivity contribution in [2.24, 2.45) is 5.84 Å². The first-order valence-electron chi connectivity index (χ1n) is 4.87. The Labute approximate surface area is 91.1 Å². The molecule has 3 aromatic rings. The molecule has 0 bridgehead atoms. The van der Waals surface area contributed by atoms with Gasteiger partial charge in [0.25, 0.3) is 0 Å². The van der Waals surface area contributed by atoms with Crippen LogP contribution >= 0.6 is 0 Å². The maximum absolute atomic E-state index is 5.32. The summed E-state index contributed by atoms with van der Waals surface area (Å²) in [5.41, 5.74) is 5.09. The summed E-state index contributed by atoms with van der Waals surface area (Å²) in [6.07, 6.45) is 0. The Morgan fingerprint density at radius 1 is 1.25 bits per heavy atom. The molecule has 0 aromatic carbocycles. The number of nitrogen functional groups attached to an aromatic ring is 1. The zero-order chi connectivity index (χ0) is 11.1. The number of aromatic nitrogens is 4. The monoisotopic (exact) mass is 214 g/mol. The highest BCUT2D eigenvalue weighted by molar-refractivity contribution is 5.83. The van der Waals surface area contributed by atoms with Crippen LogP contribution in [0.3, 0.4) is 0 Å². The average molecular weight is 214 g/mol. The molecule has 0 amide bonds. The lowest BCUT2D eigenvalue weighted by Crippen LogP contribution is -2.10. The molecule has 0 unspecified atom stereocenters. The summed E-state index contributed by atoms with van der Waals surface area (Å²) in [4.78, 5) is 0. The fourth-order valence-corrected chi connectivity index (χ4v) is 1.72. The fourth-order valence-electron chi connectivity index (χ4n) is 1.72. The van der Waals surface area contributed by atoms with Crippen LogP contribution in [0.25, 0.3) is 16.6 Å². The molecule has 0 aliphatic rings. The highest BCUT2D eigenvalue weighted by Gasteiger charge is 2.06. The smallest absolute Gasteiger partial charge is 0.183 e. The molecule has 0 aliphatic heterocycles. The van der Waals surface area contributed by atoms with Crippen molar-refractivity contribution in [2.75, 3.05) is 5.43 Å². The van der Waals surface area contributed by atoms with Gasteiger partial charge in [-0.05, 0) is 31.2 Å². The highest BCUT2D eigenvalue weighted by atomic mass is 15.4. The van der Waals surface area contributed by atoms with Crippen LogP contribution < -0.4 is 11.3 Å². The van der Waals surface area contributed by atoms with E-state index >= 15 is 0 Å². The van der Waals surface area contributed by atoms with Gasteiger partial charge < -0.3 is 5.43 Å². The maximum atomic E-state index is 5.32. The zero-order valence-electron chi connectivity index (χ0n) is 8.68. The summed E-state index contributed by atoms with van der Waals surface area (Å²) < 4.78 is 1.72. The van der Waals surface area contributed by atoms with E-state index in [1.165, 1.54) is 0 Å². The number of fused-ring (bicyclic) bond motifs is 3. The molecule has 0 atom stereocenters. The van der Waals surface area contributed by atoms with Crippen LogP contribution in [-0.4, -0.2) is 19.8 Å². The van der Waals surface area contributed by atoms with E-state index in [4.69, 9.17) is 5.84 Å². The van der Waals surface area contributed by atoms with Crippen LogP contribution in [0.4, 0.5) is 5.82 Å². The van der Waals surface area contributed by atoms with E-state index in [0.29, 0.717) is 5.82 Å². The molecule has 0 saturated heterocycles. The van der Waals surface area contributed by atoms with Gasteiger partial charge in [0.15, 0.2) is 11.5 Å². The first kappa shape index (κ1) is 9.05. The van der Waals surface area contributed by atoms with Crippen LogP contribution in [-0.2, 0) is 0 Å². The second-order valence-corrected chi connectivity index (χ2v) is 3.61. The molecule has 0 spiro atoms. The highest BCUT2D eigenvalue weighted by Crippen LogP contribution is 2.18. The summed E-state index contributed by atoms with van der Waals surface area (Å²) in [7, 11) is 0. The van der Waals surface area contributed by atoms with Crippen molar-refractivity contribution in [3.8, 4) is 0 Å². The Morgan fingerprint density at radius 3 is 2.94 bits per heavy atom. The molecule has 0 aliphatic carbocycles. The van der Waals surface area contributed by atoms with Crippen LogP contribution in [0, 0.1) is 6.92 Å². The van der Waals surface area contributed by atoms with Gasteiger partial charge in [0, 0.05) is 5.39 Å². The minimum absolute atomic E-state index is 0.590. The van der Waals surface area contributed by atoms with E-state index in [0.717, 1.165) is 22.2 Å². The minimum Gasteiger partial charge on any atom is -0.307 e. The number of anilines is 1. The first-order valence-corrected chi connectivity index (χ1v) is 4.87. The third kappa shape index (κ3) is 1.20. The lowest BCUT2D eigenvalue weighted by Gasteiger charge is -1.99. The van der Waals surface area contributed by atoms with Crippen LogP contribution in [0.1, 0.15) is 5.69 Å². The maximum Gasteiger partial charge on any atom is 0.183 e. The predicted molar refractivity (Wildman–Crippen MR) is 60.8 cm³/mol. The summed E-state index contributed by atoms with van der Waals surface area (Å²) in [5, 5.41) is 13.5. The number of hydrogen-bond acceptors (Lipinski definition) is 5. The van der Waals surface area contributed by atoms with Gasteiger partial charge in [0.1, 0.15) is 0 Å². The molecule has 80 valence electrons. The third-order valence-electron chi connectivity index (χ3n) is 2.44. The van der Waals surface area contributed by atoms with Crippen molar-refractivity contribution in [1.29, 1.82) is 0 Å². The molecule has 16 heavy (non-hydrogen) atoms. The van der Waals surface area contributed by atoms with Crippen molar-refractivity contribution < 1.29 is 0 Å². The fraction of sp³-hybridized carbons (Fsp3) is 0.100. The number of hydrazine groups is 1. The largest absolute Gasteiger partial charge is 0.307 e. The zero-order valence-corrected chi connectivity index (χ0v) is 8.68. The topological polar surface area (TPSA) is 81.1 Å². The summed E-state index contributed by atoms with van der Waals surface area (Å²) in [6.45, 7) is 1.91. The Hall–Kier alpha value is -2.21. The van der Waals surface area contributed by atoms with Gasteiger partial charge in [0.2, 0.25) is 0 Å². The summed E-state index contributed by atoms with van der Waals surface area (Å²) in [6, 6.07) is 7.74. The summed E-state index contributed by atoms with van der Waals surface area (Å²) >= 11 is 0. The molecule has 0 saturated carbocycles. The van der Waals surface area contributed by atoms with E-state index in [1.54, 1.807) is 4.52 Å². The third-order valence-corrected chi connectivity index (χ3v) is 2.44. The van der Waals surface area contributed by atoms with Gasteiger partial charge in [-0.15, -0.1) is 10.2 Å². The number of hydrogen-bond donors (Lipinski definition) is 2. The molecule has 6 heteroatoms. The van der Waals surface area contributed by atoms with E-state index < -0.39 is 0 Å². The molecule has 3 rings (SSSR count). The molecule has 3 heterocycles. The second-order valence-electron chi connectivity index (χ2n) is 3.61. The number of nitrogens with two attached hydrogens (primary N) is 1. The van der Waals surface area contributed by atoms with Crippen molar-refractivity contribution in [3.63, 3.8) is 0 Å². The van der Waals surface area contributed by atoms with E-state index in [2.05, 4.69) is 20.7 Å². The number of aryl methyl sites for hydroxylation is 1. The lowest BCUT2D eigenvalue weighted by molar-refractivity contribution is 0.917. The Bertz CT molecular complexity index is 671. The van der Waals surface area contributed by atoms with Crippen LogP contribution in [0.2, 0.25) is 0 Å². The Morgan fingerprint density at radius 2 is 2.12 bits per heavy atom. The van der Waals surface area contributed by atoms with Crippen molar-refractivity contribution >= 4 is 22.4 Å². The van der Waals surface area contributed by atoms with E-state index in [1.807, 2.05) is 31.2 Å². The summed E-state index contributed by atoms with van der Waals surface area (Å²) in [5.74, 6) is 5.91. The Balaban J connectivity index is 2.42. The van der Waals surface area contributed by atoms with Gasteiger partial charge in [-0.25, -0.2) is 10.4 Å². The molecular weight excluding hydrogens is 204 g/mol. The normalized spacial score (nSPS) is 11.1. The van der Waals surface area contributed by atoms with Gasteiger partial charge in [-0.3, -0.25) is 0 Å². The molecule has 0 fully saturated rings. The van der Waals surface area contributed by atoms with Gasteiger partial charge in [0.05, 0.1) is 11.2 Å². The molecular formula is C10H10N6. The lowest BCUT2D eigenvalue weighted by atomic mass is 10.3. The Kier molecular flexibility index (Phi) is 1.78. The first-order chi connectivity index (χ1) is 7.78. The van der Waals surface area contributed by atoms with Gasteiger partial charge >= 0.3 is 0 Å². The van der Waals surface area contributed by atoms with Crippen LogP contribution in [0.5, 0.6) is 0 Å². The van der Waals surface area contributed by atoms with Crippen LogP contribution in [0.15, 0.2) is 24.3 Å². The molecule has 6 nitrogen and oxygen atoms in total. The molecule has 3 aromatic heterocycles. The predicted octanol–water partition coefficient (Wildman–Crippen LogP) is 0.872. The number of nitrogens with zero attached hydrogens (tertiary/aromatic N) is 4. The quantitative estimate of drug-likeness (QED) is 0.464. The SMILES string of the molecule is Cc1cc2cc3ccc(NN)nn3c2nn1. The van der Waals surface area contributed by atoms with Crippen molar-refractivity contribution in [2.45, 2.75) is 6.92 Å². The average Bonchev–Trinajstić information content (AvgIpc) is 2.65. The van der Waals surface area contributed by atoms with Gasteiger partial charge in [-0.1, -0.05) is 0 Å². The van der Waals surface area contributed by atoms with E-state index in [9.17, 15) is 0 Å². The van der Waals surface area contributed by atoms with Crippen molar-refractivity contribution in [1.82, 2.24) is 19.8 Å². The standard InChI is InChI=1S/C10H10N6/c1-6-4-7-5-8-2-3-9(12-11)15-16(8)10(7)14-13-6/h2-5H,11H2,1H3,(H,12,15). The minimum atomic E-state index is 0.590. The van der Waals surface area contributed by atoms with Gasteiger partial charge in [-0.2, -0.15) is 5.10 Å².